The van der Waals surface area contributed by atoms with Crippen molar-refractivity contribution in [3.05, 3.63) is 85.0 Å². The number of imidazole rings is 2. The number of aromatic nitrogens is 4. The summed E-state index contributed by atoms with van der Waals surface area (Å²) in [6.45, 7) is 3.62. The van der Waals surface area contributed by atoms with Crippen molar-refractivity contribution in [2.75, 3.05) is 35.2 Å². The first-order valence-electron chi connectivity index (χ1n) is 12.5. The van der Waals surface area contributed by atoms with E-state index in [2.05, 4.69) is 42.1 Å². The molecule has 2 heterocycles. The lowest BCUT2D eigenvalue weighted by Gasteiger charge is -2.09. The summed E-state index contributed by atoms with van der Waals surface area (Å²) in [7, 11) is 0. The van der Waals surface area contributed by atoms with Crippen LogP contribution in [0.3, 0.4) is 0 Å². The van der Waals surface area contributed by atoms with Gasteiger partial charge in [-0.05, 0) is 55.0 Å². The van der Waals surface area contributed by atoms with Crippen LogP contribution < -0.4 is 31.2 Å². The molecule has 0 bridgehead atoms. The zero-order valence-corrected chi connectivity index (χ0v) is 21.3. The van der Waals surface area contributed by atoms with E-state index in [0.717, 1.165) is 80.4 Å². The van der Waals surface area contributed by atoms with Gasteiger partial charge in [0.15, 0.2) is 0 Å². The van der Waals surface area contributed by atoms with Gasteiger partial charge in [0.1, 0.15) is 30.2 Å². The maximum Gasteiger partial charge on any atom is 0.272 e. The van der Waals surface area contributed by atoms with Gasteiger partial charge < -0.3 is 22.1 Å². The highest BCUT2D eigenvalue weighted by Gasteiger charge is 2.22. The Morgan fingerprint density at radius 1 is 0.750 bits per heavy atom. The van der Waals surface area contributed by atoms with E-state index in [1.54, 1.807) is 0 Å². The van der Waals surface area contributed by atoms with Crippen molar-refractivity contribution in [2.45, 2.75) is 44.1 Å². The number of H-pyrrole nitrogens is 2. The molecule has 4 aromatic rings. The Morgan fingerprint density at radius 2 is 1.28 bits per heavy atom. The molecule has 2 aromatic heterocycles. The minimum absolute atomic E-state index is 0.0889. The van der Waals surface area contributed by atoms with E-state index in [1.807, 2.05) is 60.9 Å². The van der Waals surface area contributed by atoms with Crippen molar-refractivity contribution in [3.8, 4) is 0 Å². The summed E-state index contributed by atoms with van der Waals surface area (Å²) in [5.41, 5.74) is 15.2. The van der Waals surface area contributed by atoms with Crippen molar-refractivity contribution < 1.29 is 9.13 Å². The monoisotopic (exact) mass is 508 g/mol. The largest absolute Gasteiger partial charge is 0.399 e. The maximum atomic E-state index is 6.83. The highest BCUT2D eigenvalue weighted by Crippen LogP contribution is 2.21. The summed E-state index contributed by atoms with van der Waals surface area (Å²) in [5, 5.41) is 6.79. The number of aromatic amines is 2. The number of anilines is 4. The molecule has 190 valence electrons. The highest BCUT2D eigenvalue weighted by atomic mass is 35.5. The van der Waals surface area contributed by atoms with Crippen LogP contribution in [0.2, 0.25) is 0 Å². The van der Waals surface area contributed by atoms with Crippen molar-refractivity contribution in [1.29, 1.82) is 0 Å². The van der Waals surface area contributed by atoms with Gasteiger partial charge in [-0.1, -0.05) is 0 Å². The number of nitrogen functional groups attached to an aromatic ring is 2. The SMILES string of the molecule is Nc1ccc(NCCC[n+]2cc[nH]c2CCC(Cl)c2[nH]cc[n+]2CCCNc2ccc(N)cc2)cc1. The molecular weight excluding hydrogens is 472 g/mol. The van der Waals surface area contributed by atoms with E-state index in [4.69, 9.17) is 23.1 Å². The number of aryl methyl sites for hydroxylation is 3. The summed E-state index contributed by atoms with van der Waals surface area (Å²) in [6.07, 6.45) is 11.9. The average molecular weight is 509 g/mol. The molecule has 0 saturated carbocycles. The molecule has 9 heteroatoms. The summed E-state index contributed by atoms with van der Waals surface area (Å²) in [6, 6.07) is 15.7. The van der Waals surface area contributed by atoms with Gasteiger partial charge in [0.2, 0.25) is 0 Å². The second-order valence-electron chi connectivity index (χ2n) is 8.95. The molecule has 4 rings (SSSR count). The number of hydrogen-bond acceptors (Lipinski definition) is 4. The fraction of sp³-hybridized carbons (Fsp3) is 0.333. The average Bonchev–Trinajstić information content (AvgIpc) is 3.54. The Hall–Kier alpha value is -3.65. The summed E-state index contributed by atoms with van der Waals surface area (Å²) in [4.78, 5) is 6.72. The van der Waals surface area contributed by atoms with E-state index in [1.165, 1.54) is 5.82 Å². The van der Waals surface area contributed by atoms with Gasteiger partial charge in [0.25, 0.3) is 11.6 Å². The van der Waals surface area contributed by atoms with Crippen LogP contribution in [-0.4, -0.2) is 23.1 Å². The molecule has 0 aliphatic heterocycles. The Balaban J connectivity index is 1.19. The Labute approximate surface area is 217 Å². The first-order chi connectivity index (χ1) is 17.6. The van der Waals surface area contributed by atoms with E-state index in [0.29, 0.717) is 0 Å². The molecule has 0 spiro atoms. The van der Waals surface area contributed by atoms with Crippen LogP contribution in [-0.2, 0) is 19.5 Å². The lowest BCUT2D eigenvalue weighted by atomic mass is 10.2. The third-order valence-electron chi connectivity index (χ3n) is 6.21. The first-order valence-corrected chi connectivity index (χ1v) is 13.0. The molecule has 8 nitrogen and oxygen atoms in total. The normalized spacial score (nSPS) is 11.9. The third kappa shape index (κ3) is 7.42. The summed E-state index contributed by atoms with van der Waals surface area (Å²) >= 11 is 6.83. The number of nitrogens with one attached hydrogen (secondary N) is 4. The predicted octanol–water partition coefficient (Wildman–Crippen LogP) is 4.00. The number of rotatable bonds is 14. The van der Waals surface area contributed by atoms with Gasteiger partial charge in [0.05, 0.1) is 19.5 Å². The number of hydrogen-bond donors (Lipinski definition) is 6. The van der Waals surface area contributed by atoms with Gasteiger partial charge in [-0.3, -0.25) is 0 Å². The highest BCUT2D eigenvalue weighted by molar-refractivity contribution is 6.20. The lowest BCUT2D eigenvalue weighted by Crippen LogP contribution is -2.38. The second kappa shape index (κ2) is 12.9. The van der Waals surface area contributed by atoms with E-state index in [9.17, 15) is 0 Å². The predicted molar refractivity (Wildman–Crippen MR) is 147 cm³/mol. The van der Waals surface area contributed by atoms with Crippen LogP contribution in [0, 0.1) is 0 Å². The molecule has 1 atom stereocenters. The van der Waals surface area contributed by atoms with E-state index < -0.39 is 0 Å². The zero-order chi connectivity index (χ0) is 25.2. The van der Waals surface area contributed by atoms with Crippen LogP contribution in [0.15, 0.2) is 73.3 Å². The number of nitrogens with zero attached hydrogens (tertiary/aromatic N) is 2. The number of nitrogens with two attached hydrogens (primary N) is 2. The molecule has 0 fully saturated rings. The molecule has 0 aliphatic carbocycles. The van der Waals surface area contributed by atoms with Crippen LogP contribution in [0.25, 0.3) is 0 Å². The third-order valence-corrected chi connectivity index (χ3v) is 6.63. The van der Waals surface area contributed by atoms with Crippen LogP contribution in [0.1, 0.15) is 36.3 Å². The maximum absolute atomic E-state index is 6.83. The van der Waals surface area contributed by atoms with Crippen LogP contribution >= 0.6 is 11.6 Å². The van der Waals surface area contributed by atoms with Gasteiger partial charge in [0, 0.05) is 48.7 Å². The van der Waals surface area contributed by atoms with Crippen molar-refractivity contribution >= 4 is 34.4 Å². The Morgan fingerprint density at radius 3 is 1.89 bits per heavy atom. The van der Waals surface area contributed by atoms with Crippen molar-refractivity contribution in [2.24, 2.45) is 0 Å². The van der Waals surface area contributed by atoms with Gasteiger partial charge in [-0.2, -0.15) is 0 Å². The van der Waals surface area contributed by atoms with E-state index >= 15 is 0 Å². The van der Waals surface area contributed by atoms with Gasteiger partial charge in [-0.25, -0.2) is 19.1 Å². The smallest absolute Gasteiger partial charge is 0.272 e. The second-order valence-corrected chi connectivity index (χ2v) is 9.48. The standard InChI is InChI=1S/C27H35ClN8/c28-25(27-34-16-20-36(27)18-2-14-32-24-9-5-22(30)6-10-24)11-12-26-33-15-19-35(26)17-1-13-31-23-7-3-21(29)4-8-23/h3-10,15-16,19-20,25,31-32H,1-2,11-14,17-18,29-30H2/p+2. The number of benzene rings is 2. The minimum Gasteiger partial charge on any atom is -0.399 e. The van der Waals surface area contributed by atoms with Gasteiger partial charge in [-0.15, -0.1) is 11.6 Å². The molecule has 0 radical (unpaired) electrons. The van der Waals surface area contributed by atoms with Crippen LogP contribution in [0.4, 0.5) is 22.7 Å². The summed E-state index contributed by atoms with van der Waals surface area (Å²) in [5.74, 6) is 2.24. The molecule has 8 N–H and O–H groups in total. The Kier molecular flexibility index (Phi) is 9.10. The topological polar surface area (TPSA) is 115 Å². The lowest BCUT2D eigenvalue weighted by molar-refractivity contribution is -0.704. The zero-order valence-electron chi connectivity index (χ0n) is 20.6. The molecule has 1 unspecified atom stereocenters. The fourth-order valence-electron chi connectivity index (χ4n) is 4.23. The minimum atomic E-state index is -0.0889. The number of alkyl halides is 1. The number of halogens is 1. The van der Waals surface area contributed by atoms with E-state index in [-0.39, 0.29) is 5.38 Å². The summed E-state index contributed by atoms with van der Waals surface area (Å²) < 4.78 is 4.49. The first kappa shape index (κ1) is 25.4. The molecular formula is C27H37ClN8+2. The Bertz CT molecular complexity index is 1180. The molecule has 2 aromatic carbocycles. The molecule has 0 saturated heterocycles. The fourth-order valence-corrected chi connectivity index (χ4v) is 4.53. The van der Waals surface area contributed by atoms with Crippen molar-refractivity contribution in [1.82, 2.24) is 9.97 Å². The van der Waals surface area contributed by atoms with Crippen molar-refractivity contribution in [3.63, 3.8) is 0 Å². The van der Waals surface area contributed by atoms with Crippen LogP contribution in [0.5, 0.6) is 0 Å². The quantitative estimate of drug-likeness (QED) is 0.0668. The van der Waals surface area contributed by atoms with Gasteiger partial charge >= 0.3 is 0 Å². The molecule has 0 aliphatic rings. The molecule has 0 amide bonds. The molecule has 36 heavy (non-hydrogen) atoms.